The summed E-state index contributed by atoms with van der Waals surface area (Å²) in [6.45, 7) is 6.12. The van der Waals surface area contributed by atoms with Crippen molar-refractivity contribution in [1.29, 1.82) is 0 Å². The molecule has 1 N–H and O–H groups in total. The summed E-state index contributed by atoms with van der Waals surface area (Å²) in [6, 6.07) is 6.04. The number of hydrogen-bond acceptors (Lipinski definition) is 4. The third kappa shape index (κ3) is 3.61. The Kier molecular flexibility index (Phi) is 5.18. The molecule has 108 valence electrons. The van der Waals surface area contributed by atoms with E-state index in [0.717, 1.165) is 54.5 Å². The quantitative estimate of drug-likeness (QED) is 0.788. The minimum Gasteiger partial charge on any atom is -0.496 e. The molecule has 20 heavy (non-hydrogen) atoms. The standard InChI is InChI=1S/C16H22N2O2/c1-4-17-9-5-6-16-18-11-15(20-16)13-8-7-12(2)14(10-13)19-3/h7-8,10-11,17H,4-6,9H2,1-3H3. The normalized spacial score (nSPS) is 10.8. The maximum absolute atomic E-state index is 5.79. The summed E-state index contributed by atoms with van der Waals surface area (Å²) in [7, 11) is 1.68. The summed E-state index contributed by atoms with van der Waals surface area (Å²) < 4.78 is 11.1. The van der Waals surface area contributed by atoms with Gasteiger partial charge in [-0.05, 0) is 38.1 Å². The van der Waals surface area contributed by atoms with Gasteiger partial charge in [-0.25, -0.2) is 4.98 Å². The lowest BCUT2D eigenvalue weighted by Crippen LogP contribution is -2.14. The average molecular weight is 274 g/mol. The molecule has 0 saturated carbocycles. The molecule has 0 aliphatic carbocycles. The molecule has 0 saturated heterocycles. The molecular formula is C16H22N2O2. The van der Waals surface area contributed by atoms with Gasteiger partial charge in [-0.1, -0.05) is 19.1 Å². The van der Waals surface area contributed by atoms with Gasteiger partial charge in [0.05, 0.1) is 13.3 Å². The zero-order valence-corrected chi connectivity index (χ0v) is 12.4. The fourth-order valence-corrected chi connectivity index (χ4v) is 2.07. The lowest BCUT2D eigenvalue weighted by Gasteiger charge is -2.05. The predicted octanol–water partition coefficient (Wildman–Crippen LogP) is 3.20. The number of nitrogens with zero attached hydrogens (tertiary/aromatic N) is 1. The van der Waals surface area contributed by atoms with Crippen molar-refractivity contribution >= 4 is 0 Å². The van der Waals surface area contributed by atoms with Gasteiger partial charge < -0.3 is 14.5 Å². The fourth-order valence-electron chi connectivity index (χ4n) is 2.07. The monoisotopic (exact) mass is 274 g/mol. The fraction of sp³-hybridized carbons (Fsp3) is 0.438. The minimum absolute atomic E-state index is 0.789. The molecule has 4 nitrogen and oxygen atoms in total. The minimum atomic E-state index is 0.789. The Morgan fingerprint density at radius 2 is 2.20 bits per heavy atom. The first-order valence-electron chi connectivity index (χ1n) is 7.05. The number of ether oxygens (including phenoxy) is 1. The molecule has 0 bridgehead atoms. The van der Waals surface area contributed by atoms with Gasteiger partial charge in [0.25, 0.3) is 0 Å². The topological polar surface area (TPSA) is 47.3 Å². The Morgan fingerprint density at radius 1 is 1.35 bits per heavy atom. The maximum Gasteiger partial charge on any atom is 0.194 e. The summed E-state index contributed by atoms with van der Waals surface area (Å²) in [4.78, 5) is 4.33. The van der Waals surface area contributed by atoms with E-state index in [1.165, 1.54) is 0 Å². The van der Waals surface area contributed by atoms with E-state index in [1.807, 2.05) is 25.1 Å². The summed E-state index contributed by atoms with van der Waals surface area (Å²) >= 11 is 0. The van der Waals surface area contributed by atoms with Gasteiger partial charge in [-0.3, -0.25) is 0 Å². The molecule has 1 aromatic heterocycles. The van der Waals surface area contributed by atoms with Crippen LogP contribution in [-0.4, -0.2) is 25.2 Å². The number of oxazole rings is 1. The molecule has 0 atom stereocenters. The van der Waals surface area contributed by atoms with Crippen LogP contribution in [0.1, 0.15) is 24.8 Å². The van der Waals surface area contributed by atoms with E-state index in [4.69, 9.17) is 9.15 Å². The maximum atomic E-state index is 5.79. The van der Waals surface area contributed by atoms with Crippen molar-refractivity contribution < 1.29 is 9.15 Å². The first-order chi connectivity index (χ1) is 9.74. The first-order valence-corrected chi connectivity index (χ1v) is 7.05. The molecule has 0 amide bonds. The van der Waals surface area contributed by atoms with Gasteiger partial charge in [0.15, 0.2) is 11.7 Å². The molecule has 0 unspecified atom stereocenters. The van der Waals surface area contributed by atoms with Crippen LogP contribution in [0.15, 0.2) is 28.8 Å². The SMILES string of the molecule is CCNCCCc1ncc(-c2ccc(C)c(OC)c2)o1. The number of nitrogens with one attached hydrogen (secondary N) is 1. The van der Waals surface area contributed by atoms with Crippen molar-refractivity contribution in [2.24, 2.45) is 0 Å². The molecule has 0 fully saturated rings. The highest BCUT2D eigenvalue weighted by atomic mass is 16.5. The number of aromatic nitrogens is 1. The van der Waals surface area contributed by atoms with Crippen molar-refractivity contribution in [3.05, 3.63) is 35.9 Å². The van der Waals surface area contributed by atoms with Crippen LogP contribution in [0, 0.1) is 6.92 Å². The van der Waals surface area contributed by atoms with E-state index in [9.17, 15) is 0 Å². The van der Waals surface area contributed by atoms with E-state index >= 15 is 0 Å². The van der Waals surface area contributed by atoms with E-state index in [0.29, 0.717) is 0 Å². The first kappa shape index (κ1) is 14.6. The third-order valence-electron chi connectivity index (χ3n) is 3.24. The number of aryl methyl sites for hydroxylation is 2. The highest BCUT2D eigenvalue weighted by Crippen LogP contribution is 2.27. The van der Waals surface area contributed by atoms with Gasteiger partial charge in [0.2, 0.25) is 0 Å². The van der Waals surface area contributed by atoms with Crippen LogP contribution < -0.4 is 10.1 Å². The summed E-state index contributed by atoms with van der Waals surface area (Å²) in [6.07, 6.45) is 3.67. The average Bonchev–Trinajstić information content (AvgIpc) is 2.93. The third-order valence-corrected chi connectivity index (χ3v) is 3.24. The molecule has 1 heterocycles. The van der Waals surface area contributed by atoms with Crippen molar-refractivity contribution in [2.45, 2.75) is 26.7 Å². The second kappa shape index (κ2) is 7.10. The van der Waals surface area contributed by atoms with E-state index in [1.54, 1.807) is 13.3 Å². The van der Waals surface area contributed by atoms with Crippen LogP contribution in [0.5, 0.6) is 5.75 Å². The largest absolute Gasteiger partial charge is 0.496 e. The molecule has 2 aromatic rings. The second-order valence-electron chi connectivity index (χ2n) is 4.76. The van der Waals surface area contributed by atoms with Gasteiger partial charge in [-0.15, -0.1) is 0 Å². The summed E-state index contributed by atoms with van der Waals surface area (Å²) in [5.74, 6) is 2.45. The smallest absolute Gasteiger partial charge is 0.194 e. The Balaban J connectivity index is 2.04. The van der Waals surface area contributed by atoms with Gasteiger partial charge in [-0.2, -0.15) is 0 Å². The van der Waals surface area contributed by atoms with E-state index in [2.05, 4.69) is 17.2 Å². The van der Waals surface area contributed by atoms with Crippen LogP contribution in [0.2, 0.25) is 0 Å². The molecule has 0 aliphatic heterocycles. The van der Waals surface area contributed by atoms with Crippen molar-refractivity contribution in [2.75, 3.05) is 20.2 Å². The van der Waals surface area contributed by atoms with E-state index in [-0.39, 0.29) is 0 Å². The highest BCUT2D eigenvalue weighted by Gasteiger charge is 2.08. The molecule has 1 aromatic carbocycles. The lowest BCUT2D eigenvalue weighted by atomic mass is 10.1. The molecule has 4 heteroatoms. The zero-order valence-electron chi connectivity index (χ0n) is 12.4. The van der Waals surface area contributed by atoms with Crippen molar-refractivity contribution in [3.63, 3.8) is 0 Å². The Labute approximate surface area is 120 Å². The van der Waals surface area contributed by atoms with Gasteiger partial charge in [0, 0.05) is 12.0 Å². The Bertz CT molecular complexity index is 549. The number of benzene rings is 1. The summed E-state index contributed by atoms with van der Waals surface area (Å²) in [5.41, 5.74) is 2.11. The van der Waals surface area contributed by atoms with Crippen LogP contribution in [0.3, 0.4) is 0 Å². The molecular weight excluding hydrogens is 252 g/mol. The van der Waals surface area contributed by atoms with Crippen LogP contribution in [0.25, 0.3) is 11.3 Å². The van der Waals surface area contributed by atoms with Crippen LogP contribution >= 0.6 is 0 Å². The lowest BCUT2D eigenvalue weighted by molar-refractivity contribution is 0.411. The van der Waals surface area contributed by atoms with Crippen LogP contribution in [0.4, 0.5) is 0 Å². The number of hydrogen-bond donors (Lipinski definition) is 1. The van der Waals surface area contributed by atoms with Crippen molar-refractivity contribution in [3.8, 4) is 17.1 Å². The number of rotatable bonds is 7. The molecule has 0 spiro atoms. The molecule has 0 radical (unpaired) electrons. The Morgan fingerprint density at radius 3 is 2.95 bits per heavy atom. The molecule has 0 aliphatic rings. The van der Waals surface area contributed by atoms with E-state index < -0.39 is 0 Å². The Hall–Kier alpha value is -1.81. The number of methoxy groups -OCH3 is 1. The zero-order chi connectivity index (χ0) is 14.4. The second-order valence-corrected chi connectivity index (χ2v) is 4.76. The summed E-state index contributed by atoms with van der Waals surface area (Å²) in [5, 5.41) is 3.29. The highest BCUT2D eigenvalue weighted by molar-refractivity contribution is 5.60. The van der Waals surface area contributed by atoms with Gasteiger partial charge in [0.1, 0.15) is 5.75 Å². The van der Waals surface area contributed by atoms with Crippen molar-refractivity contribution in [1.82, 2.24) is 10.3 Å². The van der Waals surface area contributed by atoms with Gasteiger partial charge >= 0.3 is 0 Å². The predicted molar refractivity (Wildman–Crippen MR) is 80.1 cm³/mol. The molecule has 2 rings (SSSR count). The van der Waals surface area contributed by atoms with Crippen LogP contribution in [-0.2, 0) is 6.42 Å².